The number of aromatic nitrogens is 3. The molecule has 0 radical (unpaired) electrons. The molecule has 17 heavy (non-hydrogen) atoms. The van der Waals surface area contributed by atoms with Crippen molar-refractivity contribution in [2.75, 3.05) is 7.05 Å². The zero-order valence-electron chi connectivity index (χ0n) is 10.3. The van der Waals surface area contributed by atoms with Gasteiger partial charge in [-0.15, -0.1) is 0 Å². The molecule has 2 aromatic heterocycles. The maximum absolute atomic E-state index is 4.71. The summed E-state index contributed by atoms with van der Waals surface area (Å²) in [5.74, 6) is 0.698. The van der Waals surface area contributed by atoms with Gasteiger partial charge in [-0.1, -0.05) is 18.5 Å². The average molecular weight is 234 g/mol. The van der Waals surface area contributed by atoms with E-state index in [1.807, 2.05) is 13.2 Å². The Hall–Kier alpha value is -1.62. The van der Waals surface area contributed by atoms with Crippen molar-refractivity contribution >= 4 is 0 Å². The molecule has 0 saturated heterocycles. The Balaban J connectivity index is 2.04. The molecule has 0 aliphatic carbocycles. The van der Waals surface area contributed by atoms with Gasteiger partial charge in [0, 0.05) is 18.4 Å². The second kappa shape index (κ2) is 5.63. The molecule has 92 valence electrons. The Morgan fingerprint density at radius 1 is 1.53 bits per heavy atom. The maximum Gasteiger partial charge on any atom is 0.213 e. The fraction of sp³-hybridized carbons (Fsp3) is 0.500. The number of nitrogens with one attached hydrogen (secondary N) is 1. The van der Waals surface area contributed by atoms with Crippen molar-refractivity contribution in [3.05, 3.63) is 36.2 Å². The first kappa shape index (κ1) is 11.9. The summed E-state index contributed by atoms with van der Waals surface area (Å²) in [7, 11) is 2.00. The summed E-state index contributed by atoms with van der Waals surface area (Å²) >= 11 is 0. The molecule has 0 aliphatic rings. The fourth-order valence-corrected chi connectivity index (χ4v) is 1.96. The highest BCUT2D eigenvalue weighted by molar-refractivity contribution is 5.15. The molecule has 0 saturated carbocycles. The first-order valence-corrected chi connectivity index (χ1v) is 5.91. The van der Waals surface area contributed by atoms with Gasteiger partial charge in [0.15, 0.2) is 5.82 Å². The highest BCUT2D eigenvalue weighted by atomic mass is 16.5. The minimum atomic E-state index is 0.423. The van der Waals surface area contributed by atoms with E-state index in [4.69, 9.17) is 4.52 Å². The van der Waals surface area contributed by atoms with E-state index >= 15 is 0 Å². The van der Waals surface area contributed by atoms with Crippen molar-refractivity contribution in [2.45, 2.75) is 32.4 Å². The molecule has 0 amide bonds. The van der Waals surface area contributed by atoms with Gasteiger partial charge in [-0.3, -0.25) is 0 Å². The predicted octanol–water partition coefficient (Wildman–Crippen LogP) is 1.98. The standard InChI is InChI=1S/C12H18N4O/c1-3-4-11(13-2)10-5-6-16(7-10)8-12-14-9-17-15-12/h5-7,9,11,13H,3-4,8H2,1-2H3. The molecule has 0 bridgehead atoms. The lowest BCUT2D eigenvalue weighted by Gasteiger charge is -2.13. The van der Waals surface area contributed by atoms with Gasteiger partial charge in [0.25, 0.3) is 0 Å². The van der Waals surface area contributed by atoms with E-state index < -0.39 is 0 Å². The number of hydrogen-bond donors (Lipinski definition) is 1. The summed E-state index contributed by atoms with van der Waals surface area (Å²) in [6.07, 6.45) is 7.84. The van der Waals surface area contributed by atoms with Gasteiger partial charge in [0.1, 0.15) is 0 Å². The molecule has 0 spiro atoms. The summed E-state index contributed by atoms with van der Waals surface area (Å²) in [6.45, 7) is 2.85. The summed E-state index contributed by atoms with van der Waals surface area (Å²) < 4.78 is 6.78. The number of nitrogens with zero attached hydrogens (tertiary/aromatic N) is 3. The zero-order chi connectivity index (χ0) is 12.1. The molecule has 0 aromatic carbocycles. The van der Waals surface area contributed by atoms with Gasteiger partial charge in [0.05, 0.1) is 6.54 Å². The largest absolute Gasteiger partial charge is 0.346 e. The molecule has 1 unspecified atom stereocenters. The van der Waals surface area contributed by atoms with Gasteiger partial charge in [-0.25, -0.2) is 0 Å². The van der Waals surface area contributed by atoms with Crippen LogP contribution in [0, 0.1) is 0 Å². The van der Waals surface area contributed by atoms with E-state index in [1.165, 1.54) is 18.4 Å². The summed E-state index contributed by atoms with van der Waals surface area (Å²) in [6, 6.07) is 2.56. The van der Waals surface area contributed by atoms with Gasteiger partial charge >= 0.3 is 0 Å². The summed E-state index contributed by atoms with van der Waals surface area (Å²) in [5, 5.41) is 7.13. The van der Waals surface area contributed by atoms with Crippen molar-refractivity contribution in [1.29, 1.82) is 0 Å². The Bertz CT molecular complexity index is 435. The van der Waals surface area contributed by atoms with Crippen molar-refractivity contribution in [1.82, 2.24) is 20.0 Å². The lowest BCUT2D eigenvalue weighted by molar-refractivity contribution is 0.408. The third kappa shape index (κ3) is 2.94. The Morgan fingerprint density at radius 2 is 2.41 bits per heavy atom. The summed E-state index contributed by atoms with van der Waals surface area (Å²) in [5.41, 5.74) is 1.30. The lowest BCUT2D eigenvalue weighted by atomic mass is 10.1. The highest BCUT2D eigenvalue weighted by Gasteiger charge is 2.09. The first-order chi connectivity index (χ1) is 8.33. The van der Waals surface area contributed by atoms with E-state index in [2.05, 4.69) is 39.2 Å². The average Bonchev–Trinajstić information content (AvgIpc) is 2.98. The van der Waals surface area contributed by atoms with E-state index in [0.29, 0.717) is 18.4 Å². The van der Waals surface area contributed by atoms with Gasteiger partial charge in [0.2, 0.25) is 6.39 Å². The normalized spacial score (nSPS) is 12.8. The molecular formula is C12H18N4O. The minimum Gasteiger partial charge on any atom is -0.346 e. The van der Waals surface area contributed by atoms with Crippen LogP contribution in [0.3, 0.4) is 0 Å². The fourth-order valence-electron chi connectivity index (χ4n) is 1.96. The molecular weight excluding hydrogens is 216 g/mol. The zero-order valence-corrected chi connectivity index (χ0v) is 10.3. The van der Waals surface area contributed by atoms with E-state index in [9.17, 15) is 0 Å². The maximum atomic E-state index is 4.71. The Kier molecular flexibility index (Phi) is 3.93. The van der Waals surface area contributed by atoms with Gasteiger partial charge in [-0.2, -0.15) is 4.98 Å². The quantitative estimate of drug-likeness (QED) is 0.830. The lowest BCUT2D eigenvalue weighted by Crippen LogP contribution is -2.15. The molecule has 5 nitrogen and oxygen atoms in total. The monoisotopic (exact) mass is 234 g/mol. The Labute approximate surface area is 101 Å². The van der Waals surface area contributed by atoms with E-state index in [0.717, 1.165) is 6.42 Å². The highest BCUT2D eigenvalue weighted by Crippen LogP contribution is 2.18. The van der Waals surface area contributed by atoms with Crippen LogP contribution in [0.1, 0.15) is 37.2 Å². The van der Waals surface area contributed by atoms with Crippen LogP contribution in [0.5, 0.6) is 0 Å². The SMILES string of the molecule is CCCC(NC)c1ccn(Cc2ncon2)c1. The number of rotatable bonds is 6. The third-order valence-electron chi connectivity index (χ3n) is 2.83. The van der Waals surface area contributed by atoms with Crippen molar-refractivity contribution in [3.8, 4) is 0 Å². The molecule has 2 heterocycles. The number of hydrogen-bond acceptors (Lipinski definition) is 4. The van der Waals surface area contributed by atoms with E-state index in [-0.39, 0.29) is 0 Å². The third-order valence-corrected chi connectivity index (χ3v) is 2.83. The molecule has 1 N–H and O–H groups in total. The van der Waals surface area contributed by atoms with Crippen LogP contribution >= 0.6 is 0 Å². The van der Waals surface area contributed by atoms with Crippen LogP contribution in [0.15, 0.2) is 29.4 Å². The van der Waals surface area contributed by atoms with Crippen LogP contribution in [0.25, 0.3) is 0 Å². The van der Waals surface area contributed by atoms with Crippen LogP contribution in [-0.4, -0.2) is 21.8 Å². The molecule has 0 fully saturated rings. The second-order valence-corrected chi connectivity index (χ2v) is 4.09. The van der Waals surface area contributed by atoms with Crippen LogP contribution in [0.4, 0.5) is 0 Å². The second-order valence-electron chi connectivity index (χ2n) is 4.09. The molecule has 2 rings (SSSR count). The van der Waals surface area contributed by atoms with Crippen molar-refractivity contribution in [3.63, 3.8) is 0 Å². The Morgan fingerprint density at radius 3 is 3.06 bits per heavy atom. The molecule has 1 atom stereocenters. The molecule has 5 heteroatoms. The topological polar surface area (TPSA) is 55.9 Å². The van der Waals surface area contributed by atoms with E-state index in [1.54, 1.807) is 0 Å². The van der Waals surface area contributed by atoms with Crippen molar-refractivity contribution < 1.29 is 4.52 Å². The summed E-state index contributed by atoms with van der Waals surface area (Å²) in [4.78, 5) is 4.01. The van der Waals surface area contributed by atoms with Crippen LogP contribution in [0.2, 0.25) is 0 Å². The molecule has 2 aromatic rings. The predicted molar refractivity (Wildman–Crippen MR) is 64.5 cm³/mol. The minimum absolute atomic E-state index is 0.423. The molecule has 0 aliphatic heterocycles. The van der Waals surface area contributed by atoms with Crippen molar-refractivity contribution in [2.24, 2.45) is 0 Å². The smallest absolute Gasteiger partial charge is 0.213 e. The van der Waals surface area contributed by atoms with Crippen LogP contribution in [-0.2, 0) is 6.54 Å². The van der Waals surface area contributed by atoms with Gasteiger partial charge in [-0.05, 0) is 25.1 Å². The van der Waals surface area contributed by atoms with Gasteiger partial charge < -0.3 is 14.4 Å². The first-order valence-electron chi connectivity index (χ1n) is 5.91. The van der Waals surface area contributed by atoms with Crippen LogP contribution < -0.4 is 5.32 Å².